The van der Waals surface area contributed by atoms with Crippen LogP contribution in [0.5, 0.6) is 0 Å². The van der Waals surface area contributed by atoms with Gasteiger partial charge in [0.25, 0.3) is 0 Å². The molecule has 0 saturated carbocycles. The number of hydrogen-bond donors (Lipinski definition) is 1. The zero-order valence-electron chi connectivity index (χ0n) is 6.06. The van der Waals surface area contributed by atoms with Gasteiger partial charge in [-0.25, -0.2) is 0 Å². The molecule has 0 bridgehead atoms. The van der Waals surface area contributed by atoms with Crippen LogP contribution in [0.2, 0.25) is 10.0 Å². The molecule has 0 aliphatic heterocycles. The molecule has 0 radical (unpaired) electrons. The van der Waals surface area contributed by atoms with Gasteiger partial charge in [-0.2, -0.15) is 0 Å². The molecule has 0 nitrogen and oxygen atoms in total. The quantitative estimate of drug-likeness (QED) is 0.664. The van der Waals surface area contributed by atoms with Gasteiger partial charge >= 0.3 is 0 Å². The van der Waals surface area contributed by atoms with E-state index >= 15 is 0 Å². The molecule has 0 heterocycles. The number of thiol groups is 1. The van der Waals surface area contributed by atoms with E-state index in [2.05, 4.69) is 19.6 Å². The predicted octanol–water partition coefficient (Wildman–Crippen LogP) is 3.84. The summed E-state index contributed by atoms with van der Waals surface area (Å²) in [5.74, 6) is 0. The third kappa shape index (κ3) is 2.05. The maximum atomic E-state index is 5.82. The fourth-order valence-electron chi connectivity index (χ4n) is 0.833. The number of rotatable bonds is 1. The van der Waals surface area contributed by atoms with Gasteiger partial charge in [-0.1, -0.05) is 30.1 Å². The molecule has 0 spiro atoms. The van der Waals surface area contributed by atoms with E-state index in [1.54, 1.807) is 0 Å². The Kier molecular flexibility index (Phi) is 3.11. The molecular weight excluding hydrogens is 199 g/mol. The summed E-state index contributed by atoms with van der Waals surface area (Å²) in [5, 5.41) is 1.11. The van der Waals surface area contributed by atoms with Gasteiger partial charge in [-0.3, -0.25) is 0 Å². The Labute approximate surface area is 81.9 Å². The fraction of sp³-hybridized carbons (Fsp3) is 0.250. The monoisotopic (exact) mass is 206 g/mol. The average molecular weight is 207 g/mol. The van der Waals surface area contributed by atoms with Crippen molar-refractivity contribution in [3.05, 3.63) is 27.7 Å². The van der Waals surface area contributed by atoms with Crippen molar-refractivity contribution in [1.82, 2.24) is 0 Å². The molecule has 0 N–H and O–H groups in total. The maximum Gasteiger partial charge on any atom is 0.0725 e. The average Bonchev–Trinajstić information content (AvgIpc) is 1.99. The molecule has 3 heteroatoms. The van der Waals surface area contributed by atoms with Crippen LogP contribution in [0, 0.1) is 0 Å². The molecule has 1 aromatic rings. The highest BCUT2D eigenvalue weighted by Crippen LogP contribution is 2.29. The Bertz CT molecular complexity index is 248. The second-order valence-electron chi connectivity index (χ2n) is 2.26. The Morgan fingerprint density at radius 1 is 1.36 bits per heavy atom. The van der Waals surface area contributed by atoms with Gasteiger partial charge in [0.1, 0.15) is 0 Å². The molecular formula is C8H8Cl2S. The molecule has 1 rings (SSSR count). The minimum Gasteiger partial charge on any atom is -0.142 e. The van der Waals surface area contributed by atoms with E-state index in [0.717, 1.165) is 16.9 Å². The van der Waals surface area contributed by atoms with Crippen LogP contribution < -0.4 is 0 Å². The SMILES string of the molecule is CCc1cc(S)c(Cl)c(Cl)c1. The number of hydrogen-bond acceptors (Lipinski definition) is 1. The van der Waals surface area contributed by atoms with Gasteiger partial charge in [-0.05, 0) is 24.1 Å². The van der Waals surface area contributed by atoms with E-state index in [4.69, 9.17) is 23.2 Å². The van der Waals surface area contributed by atoms with Crippen LogP contribution in [-0.2, 0) is 6.42 Å². The Balaban J connectivity index is 3.21. The van der Waals surface area contributed by atoms with Crippen molar-refractivity contribution in [2.75, 3.05) is 0 Å². The second kappa shape index (κ2) is 3.70. The van der Waals surface area contributed by atoms with Crippen LogP contribution in [-0.4, -0.2) is 0 Å². The van der Waals surface area contributed by atoms with E-state index in [1.807, 2.05) is 12.1 Å². The van der Waals surface area contributed by atoms with Gasteiger partial charge in [0.2, 0.25) is 0 Å². The van der Waals surface area contributed by atoms with Crippen molar-refractivity contribution in [1.29, 1.82) is 0 Å². The molecule has 0 aliphatic carbocycles. The molecule has 0 atom stereocenters. The van der Waals surface area contributed by atoms with Crippen LogP contribution >= 0.6 is 35.8 Å². The lowest BCUT2D eigenvalue weighted by molar-refractivity contribution is 1.12. The second-order valence-corrected chi connectivity index (χ2v) is 3.53. The number of benzene rings is 1. The molecule has 11 heavy (non-hydrogen) atoms. The summed E-state index contributed by atoms with van der Waals surface area (Å²) in [5.41, 5.74) is 1.16. The molecule has 0 unspecified atom stereocenters. The van der Waals surface area contributed by atoms with Crippen LogP contribution in [0.15, 0.2) is 17.0 Å². The summed E-state index contributed by atoms with van der Waals surface area (Å²) in [4.78, 5) is 0.746. The third-order valence-corrected chi connectivity index (χ3v) is 2.76. The molecule has 1 aromatic carbocycles. The topological polar surface area (TPSA) is 0 Å². The molecule has 0 aliphatic rings. The van der Waals surface area contributed by atoms with Crippen molar-refractivity contribution in [2.45, 2.75) is 18.2 Å². The molecule has 60 valence electrons. The zero-order chi connectivity index (χ0) is 8.43. The third-order valence-electron chi connectivity index (χ3n) is 1.48. The highest BCUT2D eigenvalue weighted by molar-refractivity contribution is 7.80. The minimum atomic E-state index is 0.534. The van der Waals surface area contributed by atoms with Crippen LogP contribution in [0.1, 0.15) is 12.5 Å². The first-order valence-corrected chi connectivity index (χ1v) is 4.52. The van der Waals surface area contributed by atoms with Crippen molar-refractivity contribution in [3.8, 4) is 0 Å². The highest BCUT2D eigenvalue weighted by Gasteiger charge is 2.02. The van der Waals surface area contributed by atoms with E-state index < -0.39 is 0 Å². The van der Waals surface area contributed by atoms with Gasteiger partial charge < -0.3 is 0 Å². The zero-order valence-corrected chi connectivity index (χ0v) is 8.47. The molecule has 0 fully saturated rings. The molecule has 0 saturated heterocycles. The maximum absolute atomic E-state index is 5.82. The smallest absolute Gasteiger partial charge is 0.0725 e. The van der Waals surface area contributed by atoms with Crippen molar-refractivity contribution >= 4 is 35.8 Å². The van der Waals surface area contributed by atoms with E-state index in [-0.39, 0.29) is 0 Å². The molecule has 0 amide bonds. The first-order chi connectivity index (χ1) is 5.15. The summed E-state index contributed by atoms with van der Waals surface area (Å²) in [7, 11) is 0. The Hall–Kier alpha value is 0.150. The van der Waals surface area contributed by atoms with E-state index in [0.29, 0.717) is 10.0 Å². The normalized spacial score (nSPS) is 10.2. The summed E-state index contributed by atoms with van der Waals surface area (Å²) in [6.07, 6.45) is 0.949. The Morgan fingerprint density at radius 2 is 2.00 bits per heavy atom. The van der Waals surface area contributed by atoms with Crippen molar-refractivity contribution < 1.29 is 0 Å². The summed E-state index contributed by atoms with van der Waals surface area (Å²) in [6.45, 7) is 2.06. The summed E-state index contributed by atoms with van der Waals surface area (Å²) < 4.78 is 0. The number of aryl methyl sites for hydroxylation is 1. The van der Waals surface area contributed by atoms with E-state index in [1.165, 1.54) is 0 Å². The lowest BCUT2D eigenvalue weighted by atomic mass is 10.2. The molecule has 0 aromatic heterocycles. The van der Waals surface area contributed by atoms with E-state index in [9.17, 15) is 0 Å². The lowest BCUT2D eigenvalue weighted by Gasteiger charge is -2.02. The van der Waals surface area contributed by atoms with Crippen molar-refractivity contribution in [3.63, 3.8) is 0 Å². The van der Waals surface area contributed by atoms with Gasteiger partial charge in [0, 0.05) is 4.90 Å². The van der Waals surface area contributed by atoms with Gasteiger partial charge in [0.15, 0.2) is 0 Å². The first-order valence-electron chi connectivity index (χ1n) is 3.32. The number of halogens is 2. The highest BCUT2D eigenvalue weighted by atomic mass is 35.5. The van der Waals surface area contributed by atoms with Gasteiger partial charge in [0.05, 0.1) is 10.0 Å². The summed E-state index contributed by atoms with van der Waals surface area (Å²) >= 11 is 15.8. The standard InChI is InChI=1S/C8H8Cl2S/c1-2-5-3-6(9)8(10)7(11)4-5/h3-4,11H,2H2,1H3. The van der Waals surface area contributed by atoms with Crippen molar-refractivity contribution in [2.24, 2.45) is 0 Å². The van der Waals surface area contributed by atoms with Crippen LogP contribution in [0.3, 0.4) is 0 Å². The first kappa shape index (κ1) is 9.24. The van der Waals surface area contributed by atoms with Crippen LogP contribution in [0.25, 0.3) is 0 Å². The fourth-order valence-corrected chi connectivity index (χ4v) is 1.54. The largest absolute Gasteiger partial charge is 0.142 e. The van der Waals surface area contributed by atoms with Gasteiger partial charge in [-0.15, -0.1) is 12.6 Å². The lowest BCUT2D eigenvalue weighted by Crippen LogP contribution is -1.81. The summed E-state index contributed by atoms with van der Waals surface area (Å²) in [6, 6.07) is 3.79. The van der Waals surface area contributed by atoms with Crippen LogP contribution in [0.4, 0.5) is 0 Å². The Morgan fingerprint density at radius 3 is 2.45 bits per heavy atom. The minimum absolute atomic E-state index is 0.534. The predicted molar refractivity (Wildman–Crippen MR) is 53.1 cm³/mol.